The van der Waals surface area contributed by atoms with Crippen LogP contribution in [0.4, 0.5) is 0 Å². The minimum atomic E-state index is -0.277. The van der Waals surface area contributed by atoms with Gasteiger partial charge in [0.25, 0.3) is 0 Å². The molecule has 29 heavy (non-hydrogen) atoms. The molecule has 1 atom stereocenters. The summed E-state index contributed by atoms with van der Waals surface area (Å²) in [7, 11) is 0. The van der Waals surface area contributed by atoms with Crippen LogP contribution in [0.2, 0.25) is 0 Å². The van der Waals surface area contributed by atoms with E-state index in [1.165, 1.54) is 24.8 Å². The Morgan fingerprint density at radius 3 is 2.59 bits per heavy atom. The minimum Gasteiger partial charge on any atom is -0.494 e. The third kappa shape index (κ3) is 6.90. The van der Waals surface area contributed by atoms with Crippen molar-refractivity contribution >= 4 is 5.97 Å². The summed E-state index contributed by atoms with van der Waals surface area (Å²) in [4.78, 5) is 15.2. The molecule has 2 aromatic carbocycles. The van der Waals surface area contributed by atoms with Gasteiger partial charge in [-0.05, 0) is 62.5 Å². The predicted molar refractivity (Wildman–Crippen MR) is 116 cm³/mol. The SMILES string of the molecule is CCCCOc1cccc(C(=O)OC[C@H](Cc2ccccc2)N2CCCCC2)c1. The molecule has 0 aromatic heterocycles. The van der Waals surface area contributed by atoms with Crippen LogP contribution in [-0.4, -0.2) is 43.2 Å². The lowest BCUT2D eigenvalue weighted by atomic mass is 10.0. The van der Waals surface area contributed by atoms with Crippen molar-refractivity contribution in [3.63, 3.8) is 0 Å². The van der Waals surface area contributed by atoms with E-state index in [0.717, 1.165) is 38.1 Å². The van der Waals surface area contributed by atoms with Crippen LogP contribution in [0.15, 0.2) is 54.6 Å². The molecule has 3 rings (SSSR count). The molecule has 156 valence electrons. The van der Waals surface area contributed by atoms with Gasteiger partial charge in [-0.1, -0.05) is 56.2 Å². The molecule has 1 heterocycles. The quantitative estimate of drug-likeness (QED) is 0.413. The van der Waals surface area contributed by atoms with Gasteiger partial charge in [-0.2, -0.15) is 0 Å². The predicted octanol–water partition coefficient (Wildman–Crippen LogP) is 5.12. The van der Waals surface area contributed by atoms with Crippen LogP contribution >= 0.6 is 0 Å². The van der Waals surface area contributed by atoms with Crippen LogP contribution in [0, 0.1) is 0 Å². The van der Waals surface area contributed by atoms with E-state index in [2.05, 4.69) is 36.1 Å². The Morgan fingerprint density at radius 2 is 1.83 bits per heavy atom. The Kier molecular flexibility index (Phi) is 8.57. The van der Waals surface area contributed by atoms with Gasteiger partial charge in [-0.3, -0.25) is 4.90 Å². The standard InChI is InChI=1S/C25H33NO3/c1-2-3-17-28-24-14-10-13-22(19-24)25(27)29-20-23(26-15-8-5-9-16-26)18-21-11-6-4-7-12-21/h4,6-7,10-14,19,23H,2-3,5,8-9,15-18,20H2,1H3/t23-/m0/s1. The molecule has 1 fully saturated rings. The van der Waals surface area contributed by atoms with E-state index in [-0.39, 0.29) is 12.0 Å². The molecule has 4 nitrogen and oxygen atoms in total. The second-order valence-electron chi connectivity index (χ2n) is 7.77. The maximum atomic E-state index is 12.7. The maximum Gasteiger partial charge on any atom is 0.338 e. The van der Waals surface area contributed by atoms with Crippen LogP contribution in [0.1, 0.15) is 54.9 Å². The second-order valence-corrected chi connectivity index (χ2v) is 7.77. The average molecular weight is 396 g/mol. The van der Waals surface area contributed by atoms with Crippen LogP contribution < -0.4 is 4.74 Å². The smallest absolute Gasteiger partial charge is 0.338 e. The number of unbranched alkanes of at least 4 members (excludes halogenated alkanes) is 1. The molecule has 1 aliphatic rings. The highest BCUT2D eigenvalue weighted by Crippen LogP contribution is 2.18. The van der Waals surface area contributed by atoms with E-state index in [0.29, 0.717) is 18.8 Å². The van der Waals surface area contributed by atoms with Gasteiger partial charge >= 0.3 is 5.97 Å². The van der Waals surface area contributed by atoms with Crippen molar-refractivity contribution in [3.8, 4) is 5.75 Å². The van der Waals surface area contributed by atoms with Crippen molar-refractivity contribution in [2.24, 2.45) is 0 Å². The zero-order valence-electron chi connectivity index (χ0n) is 17.5. The Labute approximate surface area is 174 Å². The number of nitrogens with zero attached hydrogens (tertiary/aromatic N) is 1. The first-order chi connectivity index (χ1) is 14.3. The Morgan fingerprint density at radius 1 is 1.03 bits per heavy atom. The molecular weight excluding hydrogens is 362 g/mol. The summed E-state index contributed by atoms with van der Waals surface area (Å²) in [6, 6.07) is 18.0. The second kappa shape index (κ2) is 11.6. The average Bonchev–Trinajstić information content (AvgIpc) is 2.78. The highest BCUT2D eigenvalue weighted by molar-refractivity contribution is 5.89. The van der Waals surface area contributed by atoms with Gasteiger partial charge in [0.05, 0.1) is 12.2 Å². The Bertz CT molecular complexity index is 741. The van der Waals surface area contributed by atoms with E-state index < -0.39 is 0 Å². The fourth-order valence-corrected chi connectivity index (χ4v) is 3.77. The molecule has 0 amide bonds. The summed E-state index contributed by atoms with van der Waals surface area (Å²) >= 11 is 0. The van der Waals surface area contributed by atoms with Crippen molar-refractivity contribution in [1.82, 2.24) is 4.90 Å². The van der Waals surface area contributed by atoms with E-state index in [1.807, 2.05) is 18.2 Å². The first-order valence-corrected chi connectivity index (χ1v) is 10.9. The summed E-state index contributed by atoms with van der Waals surface area (Å²) in [5.74, 6) is 0.450. The lowest BCUT2D eigenvalue weighted by molar-refractivity contribution is 0.0319. The molecule has 4 heteroatoms. The molecule has 2 aromatic rings. The Balaban J connectivity index is 1.60. The number of carbonyl (C=O) groups is 1. The molecule has 0 unspecified atom stereocenters. The zero-order valence-corrected chi connectivity index (χ0v) is 17.5. The van der Waals surface area contributed by atoms with Crippen molar-refractivity contribution in [1.29, 1.82) is 0 Å². The summed E-state index contributed by atoms with van der Waals surface area (Å²) in [6.07, 6.45) is 6.72. The molecule has 1 aliphatic heterocycles. The third-order valence-corrected chi connectivity index (χ3v) is 5.46. The van der Waals surface area contributed by atoms with Crippen molar-refractivity contribution in [2.45, 2.75) is 51.5 Å². The van der Waals surface area contributed by atoms with E-state index in [1.54, 1.807) is 12.1 Å². The van der Waals surface area contributed by atoms with Gasteiger partial charge in [0.15, 0.2) is 0 Å². The van der Waals surface area contributed by atoms with Gasteiger partial charge < -0.3 is 9.47 Å². The molecule has 0 saturated carbocycles. The molecule has 0 bridgehead atoms. The number of benzene rings is 2. The molecule has 0 radical (unpaired) electrons. The Hall–Kier alpha value is -2.33. The lowest BCUT2D eigenvalue weighted by Crippen LogP contribution is -2.43. The van der Waals surface area contributed by atoms with Crippen LogP contribution in [0.3, 0.4) is 0 Å². The summed E-state index contributed by atoms with van der Waals surface area (Å²) in [5.41, 5.74) is 1.83. The fourth-order valence-electron chi connectivity index (χ4n) is 3.77. The number of hydrogen-bond donors (Lipinski definition) is 0. The van der Waals surface area contributed by atoms with Crippen LogP contribution in [0.25, 0.3) is 0 Å². The van der Waals surface area contributed by atoms with Crippen molar-refractivity contribution < 1.29 is 14.3 Å². The number of esters is 1. The van der Waals surface area contributed by atoms with Gasteiger partial charge in [-0.25, -0.2) is 4.79 Å². The number of rotatable bonds is 10. The monoisotopic (exact) mass is 395 g/mol. The van der Waals surface area contributed by atoms with E-state index in [9.17, 15) is 4.79 Å². The van der Waals surface area contributed by atoms with E-state index >= 15 is 0 Å². The molecule has 1 saturated heterocycles. The minimum absolute atomic E-state index is 0.214. The summed E-state index contributed by atoms with van der Waals surface area (Å²) in [6.45, 7) is 5.37. The lowest BCUT2D eigenvalue weighted by Gasteiger charge is -2.34. The third-order valence-electron chi connectivity index (χ3n) is 5.46. The number of piperidine rings is 1. The highest BCUT2D eigenvalue weighted by atomic mass is 16.5. The number of likely N-dealkylation sites (tertiary alicyclic amines) is 1. The van der Waals surface area contributed by atoms with Gasteiger partial charge in [0, 0.05) is 6.04 Å². The van der Waals surface area contributed by atoms with Gasteiger partial charge in [-0.15, -0.1) is 0 Å². The number of ether oxygens (including phenoxy) is 2. The molecular formula is C25H33NO3. The fraction of sp³-hybridized carbons (Fsp3) is 0.480. The highest BCUT2D eigenvalue weighted by Gasteiger charge is 2.23. The number of hydrogen-bond acceptors (Lipinski definition) is 4. The molecule has 0 aliphatic carbocycles. The topological polar surface area (TPSA) is 38.8 Å². The summed E-state index contributed by atoms with van der Waals surface area (Å²) in [5, 5.41) is 0. The summed E-state index contributed by atoms with van der Waals surface area (Å²) < 4.78 is 11.5. The first-order valence-electron chi connectivity index (χ1n) is 10.9. The van der Waals surface area contributed by atoms with Crippen LogP contribution in [-0.2, 0) is 11.2 Å². The molecule has 0 N–H and O–H groups in total. The van der Waals surface area contributed by atoms with Crippen molar-refractivity contribution in [2.75, 3.05) is 26.3 Å². The molecule has 0 spiro atoms. The normalized spacial score (nSPS) is 15.6. The zero-order chi connectivity index (χ0) is 20.3. The van der Waals surface area contributed by atoms with E-state index in [4.69, 9.17) is 9.47 Å². The van der Waals surface area contributed by atoms with Gasteiger partial charge in [0.1, 0.15) is 12.4 Å². The largest absolute Gasteiger partial charge is 0.494 e. The first kappa shape index (κ1) is 21.4. The number of carbonyl (C=O) groups excluding carboxylic acids is 1. The van der Waals surface area contributed by atoms with Gasteiger partial charge in [0.2, 0.25) is 0 Å². The van der Waals surface area contributed by atoms with Crippen molar-refractivity contribution in [3.05, 3.63) is 65.7 Å². The maximum absolute atomic E-state index is 12.7. The van der Waals surface area contributed by atoms with Crippen LogP contribution in [0.5, 0.6) is 5.75 Å².